The van der Waals surface area contributed by atoms with Crippen LogP contribution in [0, 0.1) is 23.7 Å². The summed E-state index contributed by atoms with van der Waals surface area (Å²) in [6.45, 7) is 3.54. The predicted molar refractivity (Wildman–Crippen MR) is 211 cm³/mol. The van der Waals surface area contributed by atoms with Gasteiger partial charge in [0.05, 0.1) is 28.8 Å². The lowest BCUT2D eigenvalue weighted by Crippen LogP contribution is -2.74. The Morgan fingerprint density at radius 3 is 2.24 bits per heavy atom. The average Bonchev–Trinajstić information content (AvgIpc) is 3.15. The van der Waals surface area contributed by atoms with Crippen molar-refractivity contribution in [3.63, 3.8) is 0 Å². The van der Waals surface area contributed by atoms with E-state index in [4.69, 9.17) is 15.2 Å². The topological polar surface area (TPSA) is 243 Å². The van der Waals surface area contributed by atoms with Gasteiger partial charge in [-0.3, -0.25) is 38.6 Å². The normalized spacial score (nSPS) is 23.8. The summed E-state index contributed by atoms with van der Waals surface area (Å²) in [4.78, 5) is 112. The van der Waals surface area contributed by atoms with Crippen LogP contribution >= 0.6 is 0 Å². The van der Waals surface area contributed by atoms with Gasteiger partial charge in [0.1, 0.15) is 12.3 Å². The molecule has 59 heavy (non-hydrogen) atoms. The molecule has 3 aliphatic carbocycles. The molecule has 3 amide bonds. The molecule has 3 aliphatic rings. The molecule has 0 bridgehead atoms. The van der Waals surface area contributed by atoms with Crippen molar-refractivity contribution in [2.45, 2.75) is 50.8 Å². The lowest BCUT2D eigenvalue weighted by atomic mass is 9.52. The molecule has 0 saturated heterocycles. The van der Waals surface area contributed by atoms with Crippen molar-refractivity contribution in [3.8, 4) is 5.75 Å². The first-order chi connectivity index (χ1) is 27.6. The van der Waals surface area contributed by atoms with E-state index in [1.807, 2.05) is 18.2 Å². The third-order valence-electron chi connectivity index (χ3n) is 11.5. The van der Waals surface area contributed by atoms with E-state index in [1.54, 1.807) is 64.0 Å². The lowest BCUT2D eigenvalue weighted by Gasteiger charge is -2.52. The molecule has 17 heteroatoms. The van der Waals surface area contributed by atoms with E-state index >= 15 is 0 Å². The zero-order chi connectivity index (χ0) is 43.5. The first-order valence-corrected chi connectivity index (χ1v) is 18.9. The molecule has 2 saturated carbocycles. The molecular weight excluding hydrogens is 766 g/mol. The molecule has 17 nitrogen and oxygen atoms in total. The van der Waals surface area contributed by atoms with E-state index < -0.39 is 107 Å². The Hall–Kier alpha value is -6.20. The molecule has 0 heterocycles. The Kier molecular flexibility index (Phi) is 11.2. The summed E-state index contributed by atoms with van der Waals surface area (Å²) in [5, 5.41) is 27.5. The maximum atomic E-state index is 14.4. The number of carbonyl (C=O) groups is 8. The number of hydrogen-bond donors (Lipinski definition) is 4. The van der Waals surface area contributed by atoms with Crippen molar-refractivity contribution < 1.29 is 58.0 Å². The van der Waals surface area contributed by atoms with E-state index in [0.29, 0.717) is 16.6 Å². The number of esters is 1. The Bertz CT molecular complexity index is 2310. The second-order valence-electron chi connectivity index (χ2n) is 16.6. The van der Waals surface area contributed by atoms with Crippen LogP contribution in [-0.2, 0) is 39.9 Å². The number of nitrogens with two attached hydrogens (primary N) is 1. The smallest absolute Gasteiger partial charge is 0.413 e. The van der Waals surface area contributed by atoms with Gasteiger partial charge in [-0.25, -0.2) is 9.59 Å². The van der Waals surface area contributed by atoms with Gasteiger partial charge in [0.15, 0.2) is 34.7 Å². The summed E-state index contributed by atoms with van der Waals surface area (Å²) in [5.41, 5.74) is 1.93. The van der Waals surface area contributed by atoms with Gasteiger partial charge >= 0.3 is 12.1 Å². The zero-order valence-electron chi connectivity index (χ0n) is 33.7. The Balaban J connectivity index is 1.24. The molecule has 2 unspecified atom stereocenters. The van der Waals surface area contributed by atoms with Gasteiger partial charge in [-0.2, -0.15) is 0 Å². The zero-order valence-corrected chi connectivity index (χ0v) is 33.7. The minimum absolute atomic E-state index is 0.00977. The molecule has 0 radical (unpaired) electrons. The van der Waals surface area contributed by atoms with Gasteiger partial charge in [-0.05, 0) is 82.1 Å². The molecule has 2 fully saturated rings. The minimum atomic E-state index is -2.90. The second kappa shape index (κ2) is 15.5. The second-order valence-corrected chi connectivity index (χ2v) is 16.6. The number of rotatable bonds is 9. The fraction of sp³-hybridized carbons (Fsp3) is 0.429. The molecule has 0 aromatic heterocycles. The number of benzene rings is 3. The summed E-state index contributed by atoms with van der Waals surface area (Å²) < 4.78 is 10.5. The molecular formula is C42H47N5O12. The van der Waals surface area contributed by atoms with Crippen LogP contribution in [0.15, 0.2) is 48.5 Å². The predicted octanol–water partition coefficient (Wildman–Crippen LogP) is 2.08. The number of fused-ring (bicyclic) bond motifs is 4. The number of phenols is 1. The minimum Gasteiger partial charge on any atom is -0.505 e. The maximum absolute atomic E-state index is 14.4. The quantitative estimate of drug-likeness (QED) is 0.105. The first-order valence-electron chi connectivity index (χ1n) is 18.9. The van der Waals surface area contributed by atoms with Crippen molar-refractivity contribution in [2.24, 2.45) is 29.4 Å². The monoisotopic (exact) mass is 813 g/mol. The van der Waals surface area contributed by atoms with Crippen LogP contribution in [0.5, 0.6) is 5.75 Å². The number of amides is 3. The van der Waals surface area contributed by atoms with Crippen LogP contribution in [0.25, 0.3) is 10.8 Å². The number of hydrogen-bond acceptors (Lipinski definition) is 14. The molecule has 312 valence electrons. The number of carbonyl (C=O) groups excluding carboxylic acids is 8. The number of ether oxygens (including phenoxy) is 2. The summed E-state index contributed by atoms with van der Waals surface area (Å²) in [7, 11) is 6.33. The highest BCUT2D eigenvalue weighted by molar-refractivity contribution is 6.32. The van der Waals surface area contributed by atoms with Crippen molar-refractivity contribution in [1.29, 1.82) is 0 Å². The van der Waals surface area contributed by atoms with Gasteiger partial charge in [0, 0.05) is 31.2 Å². The Labute approximate surface area is 339 Å². The third-order valence-corrected chi connectivity index (χ3v) is 11.5. The molecule has 5 N–H and O–H groups in total. The number of phenolic OH excluding ortho intramolecular Hbond substituents is 1. The maximum Gasteiger partial charge on any atom is 0.413 e. The van der Waals surface area contributed by atoms with E-state index in [0.717, 1.165) is 10.3 Å². The third kappa shape index (κ3) is 7.28. The van der Waals surface area contributed by atoms with Crippen molar-refractivity contribution in [1.82, 2.24) is 9.80 Å². The van der Waals surface area contributed by atoms with E-state index in [1.165, 1.54) is 25.1 Å². The number of primary amides is 1. The van der Waals surface area contributed by atoms with Gasteiger partial charge in [0.2, 0.25) is 18.6 Å². The van der Waals surface area contributed by atoms with E-state index in [-0.39, 0.29) is 29.7 Å². The number of aliphatic hydroxyl groups is 1. The van der Waals surface area contributed by atoms with Crippen LogP contribution < -0.4 is 16.0 Å². The Morgan fingerprint density at radius 2 is 1.61 bits per heavy atom. The highest BCUT2D eigenvalue weighted by Crippen LogP contribution is 2.52. The largest absolute Gasteiger partial charge is 0.505 e. The summed E-state index contributed by atoms with van der Waals surface area (Å²) in [5.74, 6) is -13.8. The molecule has 0 aliphatic heterocycles. The number of ketones is 4. The molecule has 3 aromatic rings. The number of anilines is 2. The highest BCUT2D eigenvalue weighted by Gasteiger charge is 2.69. The molecule has 0 spiro atoms. The van der Waals surface area contributed by atoms with E-state index in [2.05, 4.69) is 5.32 Å². The number of nitrogens with zero attached hydrogens (tertiary/aromatic N) is 3. The van der Waals surface area contributed by atoms with Gasteiger partial charge < -0.3 is 35.6 Å². The van der Waals surface area contributed by atoms with Crippen molar-refractivity contribution in [3.05, 3.63) is 65.2 Å². The molecule has 3 aromatic carbocycles. The van der Waals surface area contributed by atoms with Crippen LogP contribution in [0.4, 0.5) is 16.2 Å². The van der Waals surface area contributed by atoms with Gasteiger partial charge in [-0.1, -0.05) is 36.4 Å². The van der Waals surface area contributed by atoms with Crippen LogP contribution in [0.2, 0.25) is 0 Å². The average molecular weight is 814 g/mol. The SMILES string of the molecule is CN(C)c1cc(NC(=O)CN(C(=O)OCOC(=O)c2cccc3ccccc23)C(C)(C)C)c(O)c2c1C[C@H]1C[C@H]3[C@H](N(C)C)C(=O)C(C(N)=O)C(=O)[C@@]3(O)C(=O)C1C2=O. The standard InChI is InChI=1S/C42H47N5O12/c1-41(2,3)47(40(56)59-19-58-39(55)23-14-10-12-20-11-8-9-13-22(20)23)18-28(48)44-26-17-27(45(4)5)24-15-21-16-25-32(46(6)7)35(51)31(38(43)54)37(53)42(25,57)36(52)29(21)34(50)30(24)33(26)49/h8-14,17,21,25,29,31-32,49,57H,15-16,18-19H2,1-7H3,(H2,43,54)(H,44,48)/t21-,25-,29?,31?,32-,42-/m0/s1. The summed E-state index contributed by atoms with van der Waals surface area (Å²) in [6.07, 6.45) is -1.11. The van der Waals surface area contributed by atoms with Crippen LogP contribution in [0.1, 0.15) is 53.5 Å². The highest BCUT2D eigenvalue weighted by atomic mass is 16.7. The fourth-order valence-corrected chi connectivity index (χ4v) is 8.75. The Morgan fingerprint density at radius 1 is 0.949 bits per heavy atom. The van der Waals surface area contributed by atoms with Gasteiger partial charge in [0.25, 0.3) is 0 Å². The molecule has 6 atom stereocenters. The number of likely N-dealkylation sites (N-methyl/N-ethyl adjacent to an activating group) is 1. The lowest BCUT2D eigenvalue weighted by molar-refractivity contribution is -0.181. The van der Waals surface area contributed by atoms with Crippen molar-refractivity contribution >= 4 is 69.2 Å². The summed E-state index contributed by atoms with van der Waals surface area (Å²) in [6, 6.07) is 12.5. The van der Waals surface area contributed by atoms with E-state index in [9.17, 15) is 48.6 Å². The summed E-state index contributed by atoms with van der Waals surface area (Å²) >= 11 is 0. The number of nitrogens with one attached hydrogen (secondary N) is 1. The van der Waals surface area contributed by atoms with Gasteiger partial charge in [-0.15, -0.1) is 0 Å². The number of aromatic hydroxyl groups is 1. The number of Topliss-reactive ketones (excluding diaryl/α,β-unsaturated/α-hetero) is 4. The van der Waals surface area contributed by atoms with Crippen LogP contribution in [0.3, 0.4) is 0 Å². The van der Waals surface area contributed by atoms with Crippen molar-refractivity contribution in [2.75, 3.05) is 51.7 Å². The first kappa shape index (κ1) is 42.4. The van der Waals surface area contributed by atoms with Crippen LogP contribution in [-0.4, -0.2) is 126 Å². The molecule has 6 rings (SSSR count). The fourth-order valence-electron chi connectivity index (χ4n) is 8.75.